The molecule has 1 saturated heterocycles. The maximum absolute atomic E-state index is 12.0. The number of ether oxygens (including phenoxy) is 4. The molecule has 2 unspecified atom stereocenters. The van der Waals surface area contributed by atoms with Gasteiger partial charge in [-0.25, -0.2) is 14.4 Å². The molecule has 7 nitrogen and oxygen atoms in total. The second-order valence-corrected chi connectivity index (χ2v) is 6.72. The number of fused-ring (bicyclic) bond motifs is 2. The molecule has 0 aromatic heterocycles. The van der Waals surface area contributed by atoms with Crippen molar-refractivity contribution in [1.82, 2.24) is 0 Å². The summed E-state index contributed by atoms with van der Waals surface area (Å²) in [6.07, 6.45) is 4.67. The Kier molecular flexibility index (Phi) is 6.37. The zero-order valence-corrected chi connectivity index (χ0v) is 14.7. The van der Waals surface area contributed by atoms with Gasteiger partial charge in [0.2, 0.25) is 0 Å². The minimum absolute atomic E-state index is 0.0180. The van der Waals surface area contributed by atoms with Crippen LogP contribution in [0.1, 0.15) is 19.3 Å². The predicted molar refractivity (Wildman–Crippen MR) is 91.9 cm³/mol. The van der Waals surface area contributed by atoms with Gasteiger partial charge in [0.25, 0.3) is 0 Å². The van der Waals surface area contributed by atoms with E-state index in [4.69, 9.17) is 18.9 Å². The molecular weight excluding hydrogens is 340 g/mol. The van der Waals surface area contributed by atoms with Crippen LogP contribution in [0.3, 0.4) is 0 Å². The molecule has 1 saturated carbocycles. The highest BCUT2D eigenvalue weighted by atomic mass is 16.6. The first-order valence-corrected chi connectivity index (χ1v) is 8.40. The fraction of sp³-hybridized carbons (Fsp3) is 0.526. The van der Waals surface area contributed by atoms with Crippen LogP contribution in [0, 0.1) is 10.8 Å². The van der Waals surface area contributed by atoms with Crippen molar-refractivity contribution in [3.8, 4) is 0 Å². The summed E-state index contributed by atoms with van der Waals surface area (Å²) in [4.78, 5) is 35.0. The lowest BCUT2D eigenvalue weighted by molar-refractivity contribution is -0.245. The van der Waals surface area contributed by atoms with Crippen LogP contribution in [0.15, 0.2) is 38.0 Å². The van der Waals surface area contributed by atoms with Gasteiger partial charge >= 0.3 is 17.9 Å². The van der Waals surface area contributed by atoms with E-state index in [1.165, 1.54) is 0 Å². The van der Waals surface area contributed by atoms with Crippen LogP contribution in [0.5, 0.6) is 0 Å². The summed E-state index contributed by atoms with van der Waals surface area (Å²) in [5.41, 5.74) is -1.43. The van der Waals surface area contributed by atoms with Gasteiger partial charge in [-0.05, 0) is 12.8 Å². The van der Waals surface area contributed by atoms with Crippen molar-refractivity contribution in [2.45, 2.75) is 25.4 Å². The lowest BCUT2D eigenvalue weighted by Crippen LogP contribution is -2.64. The molecule has 1 heterocycles. The van der Waals surface area contributed by atoms with Gasteiger partial charge in [0.05, 0.1) is 24.0 Å². The molecule has 7 heteroatoms. The Morgan fingerprint density at radius 2 is 1.35 bits per heavy atom. The first-order chi connectivity index (χ1) is 12.4. The third-order valence-corrected chi connectivity index (χ3v) is 4.98. The third kappa shape index (κ3) is 4.04. The molecule has 1 aliphatic carbocycles. The van der Waals surface area contributed by atoms with Crippen LogP contribution in [0.2, 0.25) is 0 Å². The highest BCUT2D eigenvalue weighted by molar-refractivity contribution is 5.82. The molecule has 0 aromatic rings. The van der Waals surface area contributed by atoms with Crippen molar-refractivity contribution >= 4 is 17.9 Å². The second kappa shape index (κ2) is 8.31. The summed E-state index contributed by atoms with van der Waals surface area (Å²) in [5, 5.41) is 0. The standard InChI is InChI=1S/C19H24O7/c1-4-14(20)24-12-18-8-7-9-19(11-23-10-18,13-25-15(21)5-2)17(18)26-16(22)6-3/h4-6,17H,1-3,7-13H2. The number of carbonyl (C=O) groups is 3. The molecule has 0 amide bonds. The molecule has 2 fully saturated rings. The van der Waals surface area contributed by atoms with Gasteiger partial charge < -0.3 is 18.9 Å². The van der Waals surface area contributed by atoms with E-state index in [2.05, 4.69) is 19.7 Å². The van der Waals surface area contributed by atoms with E-state index in [1.807, 2.05) is 0 Å². The number of carbonyl (C=O) groups excluding carboxylic acids is 3. The first-order valence-electron chi connectivity index (χ1n) is 8.40. The van der Waals surface area contributed by atoms with Crippen molar-refractivity contribution < 1.29 is 33.3 Å². The topological polar surface area (TPSA) is 88.1 Å². The van der Waals surface area contributed by atoms with Gasteiger partial charge in [-0.3, -0.25) is 0 Å². The van der Waals surface area contributed by atoms with Crippen molar-refractivity contribution in [3.05, 3.63) is 38.0 Å². The van der Waals surface area contributed by atoms with Gasteiger partial charge in [0, 0.05) is 18.2 Å². The quantitative estimate of drug-likeness (QED) is 0.368. The van der Waals surface area contributed by atoms with E-state index in [9.17, 15) is 14.4 Å². The van der Waals surface area contributed by atoms with Gasteiger partial charge in [0.15, 0.2) is 0 Å². The summed E-state index contributed by atoms with van der Waals surface area (Å²) in [6, 6.07) is 0. The number of rotatable bonds is 8. The first kappa shape index (κ1) is 19.9. The molecule has 2 atom stereocenters. The Morgan fingerprint density at radius 3 is 1.77 bits per heavy atom. The zero-order chi connectivity index (χ0) is 19.2. The van der Waals surface area contributed by atoms with E-state index in [-0.39, 0.29) is 26.4 Å². The Hall–Kier alpha value is -2.41. The lowest BCUT2D eigenvalue weighted by atomic mass is 9.59. The summed E-state index contributed by atoms with van der Waals surface area (Å²) in [5.74, 6) is -1.71. The van der Waals surface area contributed by atoms with E-state index < -0.39 is 34.8 Å². The highest BCUT2D eigenvalue weighted by Crippen LogP contribution is 2.52. The number of hydrogen-bond donors (Lipinski definition) is 0. The second-order valence-electron chi connectivity index (χ2n) is 6.72. The highest BCUT2D eigenvalue weighted by Gasteiger charge is 2.60. The largest absolute Gasteiger partial charge is 0.462 e. The smallest absolute Gasteiger partial charge is 0.330 e. The molecule has 1 aliphatic heterocycles. The van der Waals surface area contributed by atoms with E-state index in [1.54, 1.807) is 0 Å². The van der Waals surface area contributed by atoms with Gasteiger partial charge in [-0.1, -0.05) is 26.2 Å². The van der Waals surface area contributed by atoms with Crippen molar-refractivity contribution in [2.75, 3.05) is 26.4 Å². The Balaban J connectivity index is 2.31. The molecule has 142 valence electrons. The van der Waals surface area contributed by atoms with Crippen molar-refractivity contribution in [2.24, 2.45) is 10.8 Å². The van der Waals surface area contributed by atoms with Crippen molar-refractivity contribution in [3.63, 3.8) is 0 Å². The molecular formula is C19H24O7. The zero-order valence-electron chi connectivity index (χ0n) is 14.7. The van der Waals surface area contributed by atoms with Crippen LogP contribution in [-0.4, -0.2) is 50.4 Å². The third-order valence-electron chi connectivity index (χ3n) is 4.98. The molecule has 2 rings (SSSR count). The average molecular weight is 364 g/mol. The normalized spacial score (nSPS) is 29.8. The number of hydrogen-bond acceptors (Lipinski definition) is 7. The van der Waals surface area contributed by atoms with E-state index >= 15 is 0 Å². The van der Waals surface area contributed by atoms with Gasteiger partial charge in [-0.2, -0.15) is 0 Å². The minimum atomic E-state index is -0.714. The summed E-state index contributed by atoms with van der Waals surface area (Å²) >= 11 is 0. The van der Waals surface area contributed by atoms with Crippen LogP contribution in [-0.2, 0) is 33.3 Å². The van der Waals surface area contributed by atoms with Crippen LogP contribution in [0.4, 0.5) is 0 Å². The van der Waals surface area contributed by atoms with E-state index in [0.29, 0.717) is 12.8 Å². The molecule has 0 N–H and O–H groups in total. The molecule has 2 bridgehead atoms. The molecule has 2 aliphatic rings. The lowest BCUT2D eigenvalue weighted by Gasteiger charge is -2.55. The maximum atomic E-state index is 12.0. The van der Waals surface area contributed by atoms with Gasteiger partial charge in [-0.15, -0.1) is 0 Å². The Bertz CT molecular complexity index is 557. The van der Waals surface area contributed by atoms with Crippen molar-refractivity contribution in [1.29, 1.82) is 0 Å². The van der Waals surface area contributed by atoms with E-state index in [0.717, 1.165) is 24.6 Å². The average Bonchev–Trinajstić information content (AvgIpc) is 2.65. The summed E-state index contributed by atoms with van der Waals surface area (Å²) < 4.78 is 22.0. The minimum Gasteiger partial charge on any atom is -0.462 e. The maximum Gasteiger partial charge on any atom is 0.330 e. The Labute approximate surface area is 152 Å². The molecule has 0 aromatic carbocycles. The van der Waals surface area contributed by atoms with Gasteiger partial charge in [0.1, 0.15) is 19.3 Å². The molecule has 26 heavy (non-hydrogen) atoms. The fourth-order valence-electron chi connectivity index (χ4n) is 3.80. The molecule has 0 radical (unpaired) electrons. The van der Waals surface area contributed by atoms with Crippen LogP contribution < -0.4 is 0 Å². The Morgan fingerprint density at radius 1 is 0.885 bits per heavy atom. The monoisotopic (exact) mass is 364 g/mol. The SMILES string of the molecule is C=CC(=O)OCC12CCCC(COC(=O)C=C)(COC1)C2OC(=O)C=C. The summed E-state index contributed by atoms with van der Waals surface area (Å²) in [6.45, 7) is 10.8. The number of esters is 3. The van der Waals surface area contributed by atoms with Crippen LogP contribution in [0.25, 0.3) is 0 Å². The van der Waals surface area contributed by atoms with Crippen LogP contribution >= 0.6 is 0 Å². The predicted octanol–water partition coefficient (Wildman–Crippen LogP) is 1.73. The summed E-state index contributed by atoms with van der Waals surface area (Å²) in [7, 11) is 0. The molecule has 0 spiro atoms. The fourth-order valence-corrected chi connectivity index (χ4v) is 3.80.